The van der Waals surface area contributed by atoms with Gasteiger partial charge in [0.2, 0.25) is 0 Å². The predicted molar refractivity (Wildman–Crippen MR) is 162 cm³/mol. The quantitative estimate of drug-likeness (QED) is 0.0987. The first-order chi connectivity index (χ1) is 16.7. The smallest absolute Gasteiger partial charge is 0.675 e. The molecule has 0 rings (SSSR count). The fourth-order valence-electron chi connectivity index (χ4n) is 2.67. The van der Waals surface area contributed by atoms with Crippen LogP contribution in [-0.4, -0.2) is 49.1 Å². The molecule has 6 nitrogen and oxygen atoms in total. The fourth-order valence-corrected chi connectivity index (χ4v) is 2.67. The van der Waals surface area contributed by atoms with Crippen LogP contribution in [0.2, 0.25) is 0 Å². The molecule has 222 valence electrons. The van der Waals surface area contributed by atoms with Crippen LogP contribution in [0.25, 0.3) is 21.3 Å². The van der Waals surface area contributed by atoms with Gasteiger partial charge < -0.3 is 30.9 Å². The number of carbonyl (C=O) groups excluding carboxylic acids is 2. The normalized spacial score (nSPS) is 15.9. The fraction of sp³-hybridized carbons (Fsp3) is 0.933. The van der Waals surface area contributed by atoms with E-state index in [0.717, 1.165) is 38.5 Å². The second-order valence-corrected chi connectivity index (χ2v) is 11.0. The van der Waals surface area contributed by atoms with Gasteiger partial charge in [0.05, 0.1) is 0 Å². The van der Waals surface area contributed by atoms with Crippen LogP contribution in [0.1, 0.15) is 135 Å². The summed E-state index contributed by atoms with van der Waals surface area (Å²) < 4.78 is 0. The van der Waals surface area contributed by atoms with Gasteiger partial charge in [-0.1, -0.05) is 147 Å². The van der Waals surface area contributed by atoms with Crippen LogP contribution in [0.3, 0.4) is 0 Å². The van der Waals surface area contributed by atoms with Gasteiger partial charge in [0.1, 0.15) is 0 Å². The Labute approximate surface area is 246 Å². The Balaban J connectivity index is -0.000000158. The van der Waals surface area contributed by atoms with E-state index in [1.54, 1.807) is 0 Å². The molecule has 0 spiro atoms. The zero-order chi connectivity index (χ0) is 29.5. The van der Waals surface area contributed by atoms with Crippen molar-refractivity contribution in [3.8, 4) is 0 Å². The Morgan fingerprint density at radius 1 is 0.541 bits per heavy atom. The minimum atomic E-state index is 0. The molecule has 0 radical (unpaired) electrons. The predicted octanol–water partition coefficient (Wildman–Crippen LogP) is 9.64. The molecule has 0 fully saturated rings. The molecule has 0 heterocycles. The van der Waals surface area contributed by atoms with E-state index >= 15 is 0 Å². The van der Waals surface area contributed by atoms with Crippen LogP contribution in [0.4, 0.5) is 0 Å². The zero-order valence-corrected chi connectivity index (χ0v) is 28.6. The van der Waals surface area contributed by atoms with Crippen LogP contribution >= 0.6 is 0 Å². The first-order valence-electron chi connectivity index (χ1n) is 14.0. The van der Waals surface area contributed by atoms with Gasteiger partial charge in [-0.3, -0.25) is 13.6 Å². The molecule has 0 saturated carbocycles. The molecule has 0 amide bonds. The average Bonchev–Trinajstić information content (AvgIpc) is 2.89. The summed E-state index contributed by atoms with van der Waals surface area (Å²) in [4.78, 5) is 15.5. The molecule has 0 bridgehead atoms. The molecule has 0 aromatic heterocycles. The third-order valence-corrected chi connectivity index (χ3v) is 7.00. The molecule has 0 aliphatic rings. The second-order valence-electron chi connectivity index (χ2n) is 11.0. The van der Waals surface area contributed by atoms with Crippen molar-refractivity contribution in [3.63, 3.8) is 0 Å². The van der Waals surface area contributed by atoms with Crippen LogP contribution in [0.5, 0.6) is 0 Å². The summed E-state index contributed by atoms with van der Waals surface area (Å²) in [6.45, 7) is 37.4. The van der Waals surface area contributed by atoms with Gasteiger partial charge in [0.15, 0.2) is 0 Å². The van der Waals surface area contributed by atoms with Crippen LogP contribution in [0, 0.1) is 11.8 Å². The summed E-state index contributed by atoms with van der Waals surface area (Å²) in [5.41, 5.74) is 0.121. The Morgan fingerprint density at radius 2 is 0.784 bits per heavy atom. The van der Waals surface area contributed by atoms with Crippen molar-refractivity contribution < 1.29 is 29.1 Å². The molecule has 0 aliphatic heterocycles. The van der Waals surface area contributed by atoms with E-state index in [1.807, 2.05) is 0 Å². The van der Waals surface area contributed by atoms with E-state index < -0.39 is 0 Å². The molecular formula is C30H62N4O2Ru. The van der Waals surface area contributed by atoms with Crippen molar-refractivity contribution in [3.05, 3.63) is 21.3 Å². The Hall–Kier alpha value is -0.197. The maximum atomic E-state index is 7.75. The van der Waals surface area contributed by atoms with Gasteiger partial charge in [-0.05, 0) is 0 Å². The van der Waals surface area contributed by atoms with Crippen LogP contribution < -0.4 is 0 Å². The Bertz CT molecular complexity index is 438. The SMILES string of the molecule is CCC(C)[N-]C([N-]C(C)(C)CC)C(C)CC.CCC(C)[N-]C([N-]C(C)(C)CC)C(C)CC.[CH-]=O.[CH-]=O.[Ru+6]. The molecule has 6 atom stereocenters. The molecule has 7 heteroatoms. The van der Waals surface area contributed by atoms with Crippen molar-refractivity contribution in [2.24, 2.45) is 11.8 Å². The van der Waals surface area contributed by atoms with Gasteiger partial charge in [0.25, 0.3) is 0 Å². The van der Waals surface area contributed by atoms with Gasteiger partial charge in [-0.25, -0.2) is 12.3 Å². The monoisotopic (exact) mass is 612 g/mol. The van der Waals surface area contributed by atoms with E-state index in [9.17, 15) is 0 Å². The summed E-state index contributed by atoms with van der Waals surface area (Å²) >= 11 is 0. The molecule has 0 aromatic rings. The summed E-state index contributed by atoms with van der Waals surface area (Å²) in [6.07, 6.45) is 7.02. The van der Waals surface area contributed by atoms with E-state index in [1.165, 1.54) is 0 Å². The van der Waals surface area contributed by atoms with Crippen molar-refractivity contribution >= 4 is 13.6 Å². The first-order valence-corrected chi connectivity index (χ1v) is 14.0. The largest absolute Gasteiger partial charge is 6.00 e. The Morgan fingerprint density at radius 3 is 0.946 bits per heavy atom. The van der Waals surface area contributed by atoms with E-state index in [2.05, 4.69) is 111 Å². The number of rotatable bonds is 16. The minimum Gasteiger partial charge on any atom is -0.675 e. The molecular weight excluding hydrogens is 549 g/mol. The molecule has 0 N–H and O–H groups in total. The van der Waals surface area contributed by atoms with Crippen LogP contribution in [-0.2, 0) is 29.1 Å². The van der Waals surface area contributed by atoms with Crippen molar-refractivity contribution in [2.75, 3.05) is 0 Å². The standard InChI is InChI=1S/2C14H30N2.2CHO.Ru/c2*1-8-11(4)13(15-12(5)9-2)16-14(6,7)10-3;2*1-2;/h2*11-13H,8-10H2,1-7H3;2*1H;/q2*-2;2*-1;+6. The maximum Gasteiger partial charge on any atom is 6.00 e. The second kappa shape index (κ2) is 27.4. The van der Waals surface area contributed by atoms with Crippen molar-refractivity contribution in [2.45, 2.75) is 171 Å². The summed E-state index contributed by atoms with van der Waals surface area (Å²) in [7, 11) is 0. The zero-order valence-electron chi connectivity index (χ0n) is 26.8. The molecule has 0 saturated heterocycles. The molecule has 0 aromatic carbocycles. The average molecular weight is 612 g/mol. The summed E-state index contributed by atoms with van der Waals surface area (Å²) in [6, 6.07) is 0.853. The van der Waals surface area contributed by atoms with E-state index in [-0.39, 0.29) is 42.9 Å². The van der Waals surface area contributed by atoms with Gasteiger partial charge in [0, 0.05) is 0 Å². The van der Waals surface area contributed by atoms with Crippen molar-refractivity contribution in [1.82, 2.24) is 0 Å². The third kappa shape index (κ3) is 25.8. The minimum absolute atomic E-state index is 0. The molecule has 0 aliphatic carbocycles. The topological polar surface area (TPSA) is 90.5 Å². The summed E-state index contributed by atoms with van der Waals surface area (Å²) in [5.74, 6) is 1.11. The Kier molecular flexibility index (Phi) is 34.5. The van der Waals surface area contributed by atoms with E-state index in [0.29, 0.717) is 23.9 Å². The first kappa shape index (κ1) is 46.6. The van der Waals surface area contributed by atoms with Gasteiger partial charge >= 0.3 is 19.5 Å². The maximum absolute atomic E-state index is 7.75. The van der Waals surface area contributed by atoms with Gasteiger partial charge in [-0.15, -0.1) is 23.2 Å². The van der Waals surface area contributed by atoms with E-state index in [4.69, 9.17) is 30.9 Å². The number of hydrogen-bond acceptors (Lipinski definition) is 2. The molecule has 6 unspecified atom stereocenters. The van der Waals surface area contributed by atoms with Crippen LogP contribution in [0.15, 0.2) is 0 Å². The van der Waals surface area contributed by atoms with Gasteiger partial charge in [-0.2, -0.15) is 0 Å². The summed E-state index contributed by atoms with van der Waals surface area (Å²) in [5, 5.41) is 19.5. The number of hydrogen-bond donors (Lipinski definition) is 0. The van der Waals surface area contributed by atoms with Crippen molar-refractivity contribution in [1.29, 1.82) is 0 Å². The third-order valence-electron chi connectivity index (χ3n) is 7.00. The molecule has 37 heavy (non-hydrogen) atoms. The number of nitrogens with zero attached hydrogens (tertiary/aromatic N) is 4.